The maximum Gasteiger partial charge on any atom is 0.277 e. The molecule has 0 aliphatic rings. The number of ether oxygens (including phenoxy) is 1. The highest BCUT2D eigenvalue weighted by Gasteiger charge is 2.17. The molecule has 5 nitrogen and oxygen atoms in total. The third-order valence-electron chi connectivity index (χ3n) is 3.90. The summed E-state index contributed by atoms with van der Waals surface area (Å²) in [4.78, 5) is 20.3. The standard InChI is InChI=1S/C18H13Cl2F2N3O2/c1-9-5-15(27-8-13-12(22)6-11(21)7-24-13)16(19)18(26)25(9)14-3-4-23-17(20)10(14)2/h3-7H,8H2,1-2H3. The molecule has 0 fully saturated rings. The van der Waals surface area contributed by atoms with Crippen LogP contribution < -0.4 is 10.3 Å². The van der Waals surface area contributed by atoms with E-state index in [-0.39, 0.29) is 28.2 Å². The van der Waals surface area contributed by atoms with E-state index in [1.165, 1.54) is 10.8 Å². The summed E-state index contributed by atoms with van der Waals surface area (Å²) in [5, 5.41) is 0.0866. The lowest BCUT2D eigenvalue weighted by molar-refractivity contribution is 0.292. The van der Waals surface area contributed by atoms with Crippen molar-refractivity contribution in [1.82, 2.24) is 14.5 Å². The summed E-state index contributed by atoms with van der Waals surface area (Å²) in [6.45, 7) is 3.11. The normalized spacial score (nSPS) is 10.9. The van der Waals surface area contributed by atoms with Gasteiger partial charge >= 0.3 is 0 Å². The van der Waals surface area contributed by atoms with Crippen molar-refractivity contribution < 1.29 is 13.5 Å². The fraction of sp³-hybridized carbons (Fsp3) is 0.167. The first kappa shape index (κ1) is 19.3. The Morgan fingerprint density at radius 3 is 2.63 bits per heavy atom. The van der Waals surface area contributed by atoms with Crippen molar-refractivity contribution in [3.8, 4) is 11.4 Å². The first-order valence-electron chi connectivity index (χ1n) is 7.76. The molecule has 0 aromatic carbocycles. The van der Waals surface area contributed by atoms with Crippen LogP contribution in [0.3, 0.4) is 0 Å². The Bertz CT molecular complexity index is 1090. The van der Waals surface area contributed by atoms with Gasteiger partial charge in [-0.3, -0.25) is 14.3 Å². The lowest BCUT2D eigenvalue weighted by Gasteiger charge is -2.16. The van der Waals surface area contributed by atoms with Crippen LogP contribution in [-0.2, 0) is 6.61 Å². The van der Waals surface area contributed by atoms with Crippen molar-refractivity contribution in [2.24, 2.45) is 0 Å². The summed E-state index contributed by atoms with van der Waals surface area (Å²) in [5.41, 5.74) is 1.05. The van der Waals surface area contributed by atoms with Gasteiger partial charge in [-0.15, -0.1) is 0 Å². The summed E-state index contributed by atoms with van der Waals surface area (Å²) in [6, 6.07) is 3.88. The Hall–Kier alpha value is -2.51. The molecule has 140 valence electrons. The first-order valence-corrected chi connectivity index (χ1v) is 8.51. The Labute approximate surface area is 163 Å². The van der Waals surface area contributed by atoms with E-state index < -0.39 is 17.2 Å². The fourth-order valence-electron chi connectivity index (χ4n) is 2.52. The van der Waals surface area contributed by atoms with Crippen molar-refractivity contribution in [2.45, 2.75) is 20.5 Å². The Balaban J connectivity index is 1.98. The molecular weight excluding hydrogens is 399 g/mol. The van der Waals surface area contributed by atoms with Gasteiger partial charge in [0.1, 0.15) is 34.0 Å². The number of aromatic nitrogens is 3. The van der Waals surface area contributed by atoms with Crippen LogP contribution in [0.5, 0.6) is 5.75 Å². The molecule has 0 spiro atoms. The minimum absolute atomic E-state index is 0.0683. The average molecular weight is 412 g/mol. The highest BCUT2D eigenvalue weighted by atomic mass is 35.5. The van der Waals surface area contributed by atoms with Crippen LogP contribution in [0.1, 0.15) is 17.0 Å². The van der Waals surface area contributed by atoms with E-state index in [4.69, 9.17) is 27.9 Å². The largest absolute Gasteiger partial charge is 0.485 e. The van der Waals surface area contributed by atoms with Crippen molar-refractivity contribution in [3.05, 3.63) is 79.7 Å². The fourth-order valence-corrected chi connectivity index (χ4v) is 2.87. The predicted molar refractivity (Wildman–Crippen MR) is 97.8 cm³/mol. The van der Waals surface area contributed by atoms with Crippen LogP contribution >= 0.6 is 23.2 Å². The van der Waals surface area contributed by atoms with Gasteiger partial charge in [0.05, 0.1) is 11.9 Å². The molecule has 0 atom stereocenters. The van der Waals surface area contributed by atoms with E-state index in [1.807, 2.05) is 0 Å². The van der Waals surface area contributed by atoms with Gasteiger partial charge in [-0.1, -0.05) is 23.2 Å². The zero-order valence-corrected chi connectivity index (χ0v) is 15.8. The average Bonchev–Trinajstić information content (AvgIpc) is 2.62. The molecule has 0 saturated heterocycles. The maximum atomic E-state index is 13.7. The first-order chi connectivity index (χ1) is 12.8. The molecule has 0 unspecified atom stereocenters. The molecule has 0 saturated carbocycles. The van der Waals surface area contributed by atoms with Gasteiger partial charge in [0.25, 0.3) is 5.56 Å². The second-order valence-corrected chi connectivity index (χ2v) is 6.46. The number of aryl methyl sites for hydroxylation is 1. The molecule has 3 rings (SSSR count). The Morgan fingerprint density at radius 2 is 1.93 bits per heavy atom. The molecule has 0 bridgehead atoms. The molecule has 3 heterocycles. The number of rotatable bonds is 4. The van der Waals surface area contributed by atoms with Gasteiger partial charge in [0, 0.05) is 29.6 Å². The van der Waals surface area contributed by atoms with Crippen LogP contribution in [0.15, 0.2) is 35.4 Å². The highest BCUT2D eigenvalue weighted by molar-refractivity contribution is 6.32. The molecule has 9 heteroatoms. The van der Waals surface area contributed by atoms with E-state index in [0.717, 1.165) is 6.20 Å². The number of hydrogen-bond acceptors (Lipinski definition) is 4. The van der Waals surface area contributed by atoms with Gasteiger partial charge < -0.3 is 4.74 Å². The Morgan fingerprint density at radius 1 is 1.19 bits per heavy atom. The Kier molecular flexibility index (Phi) is 5.43. The number of halogens is 4. The van der Waals surface area contributed by atoms with E-state index in [1.54, 1.807) is 26.0 Å². The number of nitrogens with zero attached hydrogens (tertiary/aromatic N) is 3. The summed E-state index contributed by atoms with van der Waals surface area (Å²) in [6.07, 6.45) is 2.36. The zero-order valence-electron chi connectivity index (χ0n) is 14.3. The number of pyridine rings is 3. The molecule has 3 aromatic heterocycles. The molecule has 3 aromatic rings. The molecular formula is C18H13Cl2F2N3O2. The van der Waals surface area contributed by atoms with Gasteiger partial charge in [0.2, 0.25) is 0 Å². The van der Waals surface area contributed by atoms with Crippen LogP contribution in [0.2, 0.25) is 10.2 Å². The van der Waals surface area contributed by atoms with Crippen molar-refractivity contribution >= 4 is 23.2 Å². The third-order valence-corrected chi connectivity index (χ3v) is 4.63. The molecule has 0 aliphatic carbocycles. The minimum atomic E-state index is -0.849. The smallest absolute Gasteiger partial charge is 0.277 e. The topological polar surface area (TPSA) is 57.0 Å². The summed E-state index contributed by atoms with van der Waals surface area (Å²) < 4.78 is 33.4. The summed E-state index contributed by atoms with van der Waals surface area (Å²) in [5.74, 6) is -1.57. The van der Waals surface area contributed by atoms with Crippen LogP contribution in [-0.4, -0.2) is 14.5 Å². The SMILES string of the molecule is Cc1c(-n2c(C)cc(OCc3ncc(F)cc3F)c(Cl)c2=O)ccnc1Cl. The van der Waals surface area contributed by atoms with Crippen LogP contribution in [0.4, 0.5) is 8.78 Å². The molecule has 0 N–H and O–H groups in total. The van der Waals surface area contributed by atoms with Gasteiger partial charge in [0.15, 0.2) is 5.82 Å². The van der Waals surface area contributed by atoms with Gasteiger partial charge in [-0.2, -0.15) is 0 Å². The van der Waals surface area contributed by atoms with E-state index in [9.17, 15) is 13.6 Å². The lowest BCUT2D eigenvalue weighted by atomic mass is 10.2. The van der Waals surface area contributed by atoms with E-state index in [0.29, 0.717) is 23.0 Å². The molecule has 0 radical (unpaired) electrons. The van der Waals surface area contributed by atoms with Crippen LogP contribution in [0.25, 0.3) is 5.69 Å². The minimum Gasteiger partial charge on any atom is -0.485 e. The van der Waals surface area contributed by atoms with Gasteiger partial charge in [-0.25, -0.2) is 13.8 Å². The zero-order chi connectivity index (χ0) is 19.7. The quantitative estimate of drug-likeness (QED) is 0.596. The van der Waals surface area contributed by atoms with Crippen molar-refractivity contribution in [1.29, 1.82) is 0 Å². The lowest BCUT2D eigenvalue weighted by Crippen LogP contribution is -2.22. The maximum absolute atomic E-state index is 13.7. The van der Waals surface area contributed by atoms with Gasteiger partial charge in [-0.05, 0) is 19.9 Å². The van der Waals surface area contributed by atoms with Crippen LogP contribution in [0, 0.1) is 25.5 Å². The summed E-state index contributed by atoms with van der Waals surface area (Å²) >= 11 is 12.2. The second kappa shape index (κ2) is 7.62. The molecule has 27 heavy (non-hydrogen) atoms. The van der Waals surface area contributed by atoms with Crippen molar-refractivity contribution in [2.75, 3.05) is 0 Å². The van der Waals surface area contributed by atoms with Crippen molar-refractivity contribution in [3.63, 3.8) is 0 Å². The third kappa shape index (κ3) is 3.79. The molecule has 0 amide bonds. The van der Waals surface area contributed by atoms with E-state index >= 15 is 0 Å². The predicted octanol–water partition coefficient (Wildman–Crippen LogP) is 4.41. The molecule has 0 aliphatic heterocycles. The highest BCUT2D eigenvalue weighted by Crippen LogP contribution is 2.26. The number of hydrogen-bond donors (Lipinski definition) is 0. The monoisotopic (exact) mass is 411 g/mol. The van der Waals surface area contributed by atoms with E-state index in [2.05, 4.69) is 9.97 Å². The summed E-state index contributed by atoms with van der Waals surface area (Å²) in [7, 11) is 0. The second-order valence-electron chi connectivity index (χ2n) is 5.72.